The molecule has 2 aromatic carbocycles. The summed E-state index contributed by atoms with van der Waals surface area (Å²) in [7, 11) is 1.34. The van der Waals surface area contributed by atoms with Crippen molar-refractivity contribution in [3.8, 4) is 5.75 Å². The highest BCUT2D eigenvalue weighted by Crippen LogP contribution is 2.34. The summed E-state index contributed by atoms with van der Waals surface area (Å²) >= 11 is 1.61. The van der Waals surface area contributed by atoms with Crippen LogP contribution in [0.25, 0.3) is 10.8 Å². The van der Waals surface area contributed by atoms with E-state index in [1.54, 1.807) is 16.2 Å². The molecule has 0 bridgehead atoms. The van der Waals surface area contributed by atoms with E-state index >= 15 is 0 Å². The van der Waals surface area contributed by atoms with Gasteiger partial charge in [0.1, 0.15) is 5.75 Å². The predicted octanol–water partition coefficient (Wildman–Crippen LogP) is 3.58. The van der Waals surface area contributed by atoms with E-state index in [0.29, 0.717) is 12.3 Å². The second kappa shape index (κ2) is 7.40. The van der Waals surface area contributed by atoms with Crippen LogP contribution in [0.2, 0.25) is 0 Å². The minimum absolute atomic E-state index is 0.120. The summed E-state index contributed by atoms with van der Waals surface area (Å²) < 4.78 is 10.7. The van der Waals surface area contributed by atoms with E-state index in [1.165, 1.54) is 7.11 Å². The second-order valence-corrected chi connectivity index (χ2v) is 7.36. The first kappa shape index (κ1) is 17.5. The van der Waals surface area contributed by atoms with E-state index < -0.39 is 12.0 Å². The summed E-state index contributed by atoms with van der Waals surface area (Å²) in [6.45, 7) is 0.360. The molecule has 138 valence electrons. The molecule has 27 heavy (non-hydrogen) atoms. The van der Waals surface area contributed by atoms with Crippen LogP contribution in [0.3, 0.4) is 0 Å². The molecule has 1 amide bonds. The van der Waals surface area contributed by atoms with Crippen molar-refractivity contribution >= 4 is 34.0 Å². The number of esters is 1. The predicted molar refractivity (Wildman–Crippen MR) is 104 cm³/mol. The largest absolute Gasteiger partial charge is 0.484 e. The van der Waals surface area contributed by atoms with Crippen molar-refractivity contribution in [1.82, 2.24) is 4.90 Å². The van der Waals surface area contributed by atoms with Crippen molar-refractivity contribution in [3.63, 3.8) is 0 Å². The Morgan fingerprint density at radius 2 is 1.96 bits per heavy atom. The highest BCUT2D eigenvalue weighted by molar-refractivity contribution is 7.10. The minimum Gasteiger partial charge on any atom is -0.484 e. The molecule has 0 fully saturated rings. The van der Waals surface area contributed by atoms with Gasteiger partial charge in [0.2, 0.25) is 0 Å². The Bertz CT molecular complexity index is 997. The molecule has 0 spiro atoms. The zero-order chi connectivity index (χ0) is 18.8. The molecule has 5 nitrogen and oxygen atoms in total. The topological polar surface area (TPSA) is 55.8 Å². The van der Waals surface area contributed by atoms with Gasteiger partial charge in [-0.1, -0.05) is 30.3 Å². The third kappa shape index (κ3) is 3.40. The van der Waals surface area contributed by atoms with Gasteiger partial charge >= 0.3 is 5.97 Å². The molecule has 0 aliphatic carbocycles. The van der Waals surface area contributed by atoms with Gasteiger partial charge in [0.15, 0.2) is 12.6 Å². The Labute approximate surface area is 161 Å². The number of methoxy groups -OCH3 is 1. The molecule has 1 aromatic heterocycles. The highest BCUT2D eigenvalue weighted by atomic mass is 32.1. The zero-order valence-corrected chi connectivity index (χ0v) is 15.7. The number of hydrogen-bond acceptors (Lipinski definition) is 5. The first-order valence-electron chi connectivity index (χ1n) is 8.72. The van der Waals surface area contributed by atoms with Crippen LogP contribution in [0.5, 0.6) is 5.75 Å². The number of nitrogens with zero attached hydrogens (tertiary/aromatic N) is 1. The number of thiophene rings is 1. The summed E-state index contributed by atoms with van der Waals surface area (Å²) in [5.41, 5.74) is 0.858. The van der Waals surface area contributed by atoms with E-state index in [9.17, 15) is 9.59 Å². The lowest BCUT2D eigenvalue weighted by Crippen LogP contribution is -2.45. The first-order valence-corrected chi connectivity index (χ1v) is 9.60. The summed E-state index contributed by atoms with van der Waals surface area (Å²) in [6.07, 6.45) is 0.738. The fraction of sp³-hybridized carbons (Fsp3) is 0.238. The van der Waals surface area contributed by atoms with Crippen molar-refractivity contribution in [2.45, 2.75) is 12.5 Å². The van der Waals surface area contributed by atoms with E-state index in [0.717, 1.165) is 27.6 Å². The van der Waals surface area contributed by atoms with Crippen molar-refractivity contribution in [3.05, 3.63) is 64.4 Å². The number of amides is 1. The van der Waals surface area contributed by atoms with Crippen LogP contribution in [-0.2, 0) is 20.7 Å². The number of rotatable bonds is 4. The maximum absolute atomic E-state index is 12.8. The van der Waals surface area contributed by atoms with E-state index in [-0.39, 0.29) is 12.5 Å². The van der Waals surface area contributed by atoms with Crippen molar-refractivity contribution in [2.24, 2.45) is 0 Å². The first-order chi connectivity index (χ1) is 13.2. The Hall–Kier alpha value is -2.86. The van der Waals surface area contributed by atoms with Gasteiger partial charge in [0, 0.05) is 11.4 Å². The average Bonchev–Trinajstić information content (AvgIpc) is 3.19. The molecule has 3 aromatic rings. The van der Waals surface area contributed by atoms with Crippen molar-refractivity contribution < 1.29 is 19.1 Å². The number of carbonyl (C=O) groups is 2. The Morgan fingerprint density at radius 3 is 2.78 bits per heavy atom. The van der Waals surface area contributed by atoms with Crippen LogP contribution in [0.15, 0.2) is 53.9 Å². The van der Waals surface area contributed by atoms with Gasteiger partial charge in [-0.2, -0.15) is 0 Å². The lowest BCUT2D eigenvalue weighted by molar-refractivity contribution is -0.154. The van der Waals surface area contributed by atoms with Gasteiger partial charge in [0.25, 0.3) is 5.91 Å². The molecular formula is C21H19NO4S. The molecular weight excluding hydrogens is 362 g/mol. The average molecular weight is 381 g/mol. The van der Waals surface area contributed by atoms with Gasteiger partial charge in [-0.05, 0) is 46.3 Å². The minimum atomic E-state index is -0.697. The van der Waals surface area contributed by atoms with Crippen LogP contribution < -0.4 is 4.74 Å². The number of hydrogen-bond donors (Lipinski definition) is 0. The maximum Gasteiger partial charge on any atom is 0.333 e. The SMILES string of the molecule is COC(=O)C1c2ccsc2CCN1C(=O)COc1ccc2ccccc2c1. The van der Waals surface area contributed by atoms with Crippen LogP contribution in [0.4, 0.5) is 0 Å². The van der Waals surface area contributed by atoms with Crippen LogP contribution in [-0.4, -0.2) is 37.0 Å². The second-order valence-electron chi connectivity index (χ2n) is 6.36. The van der Waals surface area contributed by atoms with E-state index in [1.807, 2.05) is 53.9 Å². The van der Waals surface area contributed by atoms with Crippen LogP contribution in [0.1, 0.15) is 16.5 Å². The van der Waals surface area contributed by atoms with Gasteiger partial charge in [-0.3, -0.25) is 4.79 Å². The number of fused-ring (bicyclic) bond motifs is 2. The van der Waals surface area contributed by atoms with E-state index in [2.05, 4.69) is 0 Å². The summed E-state index contributed by atoms with van der Waals surface area (Å²) in [4.78, 5) is 27.8. The van der Waals surface area contributed by atoms with Gasteiger partial charge in [0.05, 0.1) is 7.11 Å². The summed E-state index contributed by atoms with van der Waals surface area (Å²) in [5.74, 6) is -0.0197. The van der Waals surface area contributed by atoms with Gasteiger partial charge in [-0.15, -0.1) is 11.3 Å². The molecule has 1 unspecified atom stereocenters. The quantitative estimate of drug-likeness (QED) is 0.648. The summed E-state index contributed by atoms with van der Waals surface area (Å²) in [5, 5.41) is 4.11. The standard InChI is InChI=1S/C21H19NO4S/c1-25-21(24)20-17-9-11-27-18(17)8-10-22(20)19(23)13-26-16-7-6-14-4-2-3-5-15(14)12-16/h2-7,9,11-12,20H,8,10,13H2,1H3. The fourth-order valence-electron chi connectivity index (χ4n) is 3.44. The number of benzene rings is 2. The monoisotopic (exact) mass is 381 g/mol. The third-order valence-electron chi connectivity index (χ3n) is 4.79. The molecule has 1 aliphatic heterocycles. The third-order valence-corrected chi connectivity index (χ3v) is 5.79. The fourth-order valence-corrected chi connectivity index (χ4v) is 4.34. The zero-order valence-electron chi connectivity index (χ0n) is 14.9. The van der Waals surface area contributed by atoms with Crippen LogP contribution in [0, 0.1) is 0 Å². The maximum atomic E-state index is 12.8. The highest BCUT2D eigenvalue weighted by Gasteiger charge is 2.37. The molecule has 0 N–H and O–H groups in total. The van der Waals surface area contributed by atoms with Crippen molar-refractivity contribution in [1.29, 1.82) is 0 Å². The lowest BCUT2D eigenvalue weighted by Gasteiger charge is -2.33. The molecule has 2 heterocycles. The molecule has 1 atom stereocenters. The van der Waals surface area contributed by atoms with Crippen molar-refractivity contribution in [2.75, 3.05) is 20.3 Å². The van der Waals surface area contributed by atoms with Gasteiger partial charge in [-0.25, -0.2) is 4.79 Å². The molecule has 0 saturated carbocycles. The molecule has 4 rings (SSSR count). The van der Waals surface area contributed by atoms with E-state index in [4.69, 9.17) is 9.47 Å². The Morgan fingerprint density at radius 1 is 1.15 bits per heavy atom. The Balaban J connectivity index is 1.50. The smallest absolute Gasteiger partial charge is 0.333 e. The number of carbonyl (C=O) groups excluding carboxylic acids is 2. The van der Waals surface area contributed by atoms with Crippen LogP contribution >= 0.6 is 11.3 Å². The Kier molecular flexibility index (Phi) is 4.81. The molecule has 6 heteroatoms. The van der Waals surface area contributed by atoms with Gasteiger partial charge < -0.3 is 14.4 Å². The molecule has 0 saturated heterocycles. The molecule has 1 aliphatic rings. The number of ether oxygens (including phenoxy) is 2. The molecule has 0 radical (unpaired) electrons. The normalized spacial score (nSPS) is 16.0. The summed E-state index contributed by atoms with van der Waals surface area (Å²) in [6, 6.07) is 14.9. The lowest BCUT2D eigenvalue weighted by atomic mass is 10.00.